The predicted octanol–water partition coefficient (Wildman–Crippen LogP) is 5.26. The highest BCUT2D eigenvalue weighted by Gasteiger charge is 2.29. The summed E-state index contributed by atoms with van der Waals surface area (Å²) in [5.41, 5.74) is 3.74. The maximum absolute atomic E-state index is 12.6. The Balaban J connectivity index is 1.98. The number of hydrogen-bond donors (Lipinski definition) is 0. The Kier molecular flexibility index (Phi) is 5.09. The zero-order chi connectivity index (χ0) is 20.9. The van der Waals surface area contributed by atoms with E-state index in [9.17, 15) is 9.59 Å². The van der Waals surface area contributed by atoms with E-state index in [2.05, 4.69) is 29.5 Å². The monoisotopic (exact) mass is 428 g/mol. The lowest BCUT2D eigenvalue weighted by molar-refractivity contribution is 0.101. The van der Waals surface area contributed by atoms with Crippen LogP contribution in [0.2, 0.25) is 4.34 Å². The number of nitrogens with zero attached hydrogens (tertiary/aromatic N) is 2. The van der Waals surface area contributed by atoms with E-state index in [1.807, 2.05) is 6.07 Å². The third-order valence-electron chi connectivity index (χ3n) is 5.42. The average molecular weight is 429 g/mol. The summed E-state index contributed by atoms with van der Waals surface area (Å²) >= 11 is 7.49. The minimum atomic E-state index is -0.256. The normalized spacial score (nSPS) is 15.2. The molecule has 0 radical (unpaired) electrons. The van der Waals surface area contributed by atoms with Gasteiger partial charge in [0.05, 0.1) is 30.1 Å². The van der Waals surface area contributed by atoms with Crippen molar-refractivity contribution in [1.29, 1.82) is 0 Å². The highest BCUT2D eigenvalue weighted by Crippen LogP contribution is 2.44. The molecule has 0 bridgehead atoms. The summed E-state index contributed by atoms with van der Waals surface area (Å²) in [6.07, 6.45) is 4.14. The molecule has 3 aromatic rings. The number of Topliss-reactive ketones (excluding diaryl/α,β-unsaturated/α-hetero) is 1. The van der Waals surface area contributed by atoms with Crippen LogP contribution in [0.1, 0.15) is 42.7 Å². The van der Waals surface area contributed by atoms with Gasteiger partial charge < -0.3 is 9.30 Å². The van der Waals surface area contributed by atoms with Gasteiger partial charge in [-0.3, -0.25) is 9.59 Å². The van der Waals surface area contributed by atoms with E-state index in [0.717, 1.165) is 33.8 Å². The molecule has 0 saturated heterocycles. The molecule has 1 atom stereocenters. The molecule has 3 heterocycles. The van der Waals surface area contributed by atoms with Gasteiger partial charge in [0.1, 0.15) is 15.1 Å². The Morgan fingerprint density at radius 3 is 2.66 bits per heavy atom. The standard InChI is InChI=1S/C22H21ClN2O3S/c1-11(2)17-6-13-5-15(22-24-9-21(23)29-22)20(28-4)7-14(13)18-8-19(27)16(12(3)26)10-25(17)18/h5,7-11,17H,6H2,1-4H3. The summed E-state index contributed by atoms with van der Waals surface area (Å²) in [4.78, 5) is 28.9. The molecule has 1 aliphatic heterocycles. The van der Waals surface area contributed by atoms with Gasteiger partial charge in [-0.25, -0.2) is 4.98 Å². The first kappa shape index (κ1) is 19.9. The molecule has 150 valence electrons. The molecule has 0 spiro atoms. The zero-order valence-corrected chi connectivity index (χ0v) is 18.2. The number of pyridine rings is 1. The van der Waals surface area contributed by atoms with Crippen molar-refractivity contribution in [3.63, 3.8) is 0 Å². The minimum absolute atomic E-state index is 0.136. The van der Waals surface area contributed by atoms with Gasteiger partial charge in [-0.2, -0.15) is 0 Å². The molecule has 0 amide bonds. The van der Waals surface area contributed by atoms with E-state index in [1.165, 1.54) is 18.3 Å². The van der Waals surface area contributed by atoms with Gasteiger partial charge in [0, 0.05) is 23.9 Å². The molecule has 0 saturated carbocycles. The number of ketones is 1. The highest BCUT2D eigenvalue weighted by atomic mass is 35.5. The van der Waals surface area contributed by atoms with Crippen molar-refractivity contribution < 1.29 is 9.53 Å². The van der Waals surface area contributed by atoms with Gasteiger partial charge in [0.2, 0.25) is 0 Å². The van der Waals surface area contributed by atoms with Crippen LogP contribution in [-0.2, 0) is 6.42 Å². The number of methoxy groups -OCH3 is 1. The van der Waals surface area contributed by atoms with Crippen molar-refractivity contribution in [1.82, 2.24) is 9.55 Å². The van der Waals surface area contributed by atoms with Gasteiger partial charge in [-0.1, -0.05) is 25.4 Å². The van der Waals surface area contributed by atoms with Crippen LogP contribution >= 0.6 is 22.9 Å². The fourth-order valence-electron chi connectivity index (χ4n) is 3.93. The van der Waals surface area contributed by atoms with E-state index < -0.39 is 0 Å². The lowest BCUT2D eigenvalue weighted by atomic mass is 9.86. The number of hydrogen-bond acceptors (Lipinski definition) is 5. The van der Waals surface area contributed by atoms with Crippen molar-refractivity contribution in [3.8, 4) is 27.6 Å². The fourth-order valence-corrected chi connectivity index (χ4v) is 4.86. The SMILES string of the molecule is COc1cc2c(cc1-c1ncc(Cl)s1)CC(C(C)C)n1cc(C(C)=O)c(=O)cc1-2. The maximum atomic E-state index is 12.6. The number of thiazole rings is 1. The second-order valence-corrected chi connectivity index (χ2v) is 9.26. The van der Waals surface area contributed by atoms with Gasteiger partial charge in [-0.15, -0.1) is 11.3 Å². The van der Waals surface area contributed by atoms with Crippen molar-refractivity contribution in [2.45, 2.75) is 33.2 Å². The van der Waals surface area contributed by atoms with E-state index in [1.54, 1.807) is 25.6 Å². The summed E-state index contributed by atoms with van der Waals surface area (Å²) in [6, 6.07) is 5.75. The minimum Gasteiger partial charge on any atom is -0.496 e. The largest absolute Gasteiger partial charge is 0.496 e. The molecule has 1 aromatic carbocycles. The molecule has 0 N–H and O–H groups in total. The summed E-state index contributed by atoms with van der Waals surface area (Å²) in [7, 11) is 1.62. The molecule has 0 aliphatic carbocycles. The van der Waals surface area contributed by atoms with E-state index >= 15 is 0 Å². The first-order valence-electron chi connectivity index (χ1n) is 9.40. The van der Waals surface area contributed by atoms with Crippen molar-refractivity contribution in [2.24, 2.45) is 5.92 Å². The quantitative estimate of drug-likeness (QED) is 0.532. The molecule has 0 fully saturated rings. The van der Waals surface area contributed by atoms with Gasteiger partial charge in [0.15, 0.2) is 11.2 Å². The molecule has 5 nitrogen and oxygen atoms in total. The van der Waals surface area contributed by atoms with E-state index in [0.29, 0.717) is 16.0 Å². The number of carbonyl (C=O) groups excluding carboxylic acids is 1. The van der Waals surface area contributed by atoms with Crippen LogP contribution in [0.4, 0.5) is 0 Å². The fraction of sp³-hybridized carbons (Fsp3) is 0.318. The van der Waals surface area contributed by atoms with Gasteiger partial charge >= 0.3 is 0 Å². The number of ether oxygens (including phenoxy) is 1. The number of rotatable bonds is 4. The van der Waals surface area contributed by atoms with Gasteiger partial charge in [-0.05, 0) is 37.0 Å². The first-order chi connectivity index (χ1) is 13.8. The van der Waals surface area contributed by atoms with E-state index in [-0.39, 0.29) is 22.8 Å². The number of halogens is 1. The number of carbonyl (C=O) groups is 1. The van der Waals surface area contributed by atoms with Crippen LogP contribution in [0.3, 0.4) is 0 Å². The molecular formula is C22H21ClN2O3S. The number of benzene rings is 1. The Labute approximate surface area is 177 Å². The van der Waals surface area contributed by atoms with Crippen molar-refractivity contribution in [2.75, 3.05) is 7.11 Å². The number of fused-ring (bicyclic) bond motifs is 3. The molecule has 2 aromatic heterocycles. The molecule has 29 heavy (non-hydrogen) atoms. The molecular weight excluding hydrogens is 408 g/mol. The molecule has 1 unspecified atom stereocenters. The zero-order valence-electron chi connectivity index (χ0n) is 16.7. The smallest absolute Gasteiger partial charge is 0.192 e. The third kappa shape index (κ3) is 3.40. The third-order valence-corrected chi connectivity index (χ3v) is 6.57. The van der Waals surface area contributed by atoms with Crippen LogP contribution in [0.5, 0.6) is 5.75 Å². The first-order valence-corrected chi connectivity index (χ1v) is 10.6. The van der Waals surface area contributed by atoms with Crippen LogP contribution in [0, 0.1) is 5.92 Å². The highest BCUT2D eigenvalue weighted by molar-refractivity contribution is 7.18. The Hall–Kier alpha value is -2.44. The Bertz CT molecular complexity index is 1180. The van der Waals surface area contributed by atoms with Crippen molar-refractivity contribution in [3.05, 3.63) is 56.3 Å². The Morgan fingerprint density at radius 1 is 1.31 bits per heavy atom. The van der Waals surface area contributed by atoms with Crippen LogP contribution in [0.15, 0.2) is 35.4 Å². The van der Waals surface area contributed by atoms with E-state index in [4.69, 9.17) is 16.3 Å². The predicted molar refractivity (Wildman–Crippen MR) is 116 cm³/mol. The lowest BCUT2D eigenvalue weighted by Gasteiger charge is -2.34. The summed E-state index contributed by atoms with van der Waals surface area (Å²) in [5.74, 6) is 0.781. The second-order valence-electron chi connectivity index (χ2n) is 7.59. The average Bonchev–Trinajstić information content (AvgIpc) is 3.11. The lowest BCUT2D eigenvalue weighted by Crippen LogP contribution is -2.27. The second kappa shape index (κ2) is 7.43. The maximum Gasteiger partial charge on any atom is 0.192 e. The number of aromatic nitrogens is 2. The molecule has 1 aliphatic rings. The topological polar surface area (TPSA) is 61.2 Å². The van der Waals surface area contributed by atoms with Crippen LogP contribution in [-0.4, -0.2) is 22.4 Å². The van der Waals surface area contributed by atoms with Crippen LogP contribution < -0.4 is 10.2 Å². The van der Waals surface area contributed by atoms with Gasteiger partial charge in [0.25, 0.3) is 0 Å². The summed E-state index contributed by atoms with van der Waals surface area (Å²) in [5, 5.41) is 0.797. The van der Waals surface area contributed by atoms with Crippen LogP contribution in [0.25, 0.3) is 21.8 Å². The van der Waals surface area contributed by atoms with Crippen molar-refractivity contribution >= 4 is 28.7 Å². The molecule has 4 rings (SSSR count). The molecule has 7 heteroatoms. The summed E-state index contributed by atoms with van der Waals surface area (Å²) < 4.78 is 8.33. The Morgan fingerprint density at radius 2 is 2.07 bits per heavy atom. The summed E-state index contributed by atoms with van der Waals surface area (Å²) in [6.45, 7) is 5.73.